The molecule has 0 aromatic heterocycles. The molecule has 19 heavy (non-hydrogen) atoms. The molecule has 0 fully saturated rings. The zero-order valence-corrected chi connectivity index (χ0v) is 12.2. The van der Waals surface area contributed by atoms with Gasteiger partial charge in [-0.2, -0.15) is 0 Å². The maximum absolute atomic E-state index is 12.1. The van der Waals surface area contributed by atoms with E-state index in [0.29, 0.717) is 0 Å². The van der Waals surface area contributed by atoms with Crippen molar-refractivity contribution in [2.45, 2.75) is 46.1 Å². The van der Waals surface area contributed by atoms with Crippen LogP contribution in [0.3, 0.4) is 0 Å². The summed E-state index contributed by atoms with van der Waals surface area (Å²) in [7, 11) is 1.66. The summed E-state index contributed by atoms with van der Waals surface area (Å²) < 4.78 is 10.9. The summed E-state index contributed by atoms with van der Waals surface area (Å²) in [5.41, 5.74) is 1.95. The fourth-order valence-electron chi connectivity index (χ4n) is 2.24. The smallest absolute Gasteiger partial charge is 0.312 e. The van der Waals surface area contributed by atoms with Gasteiger partial charge in [0, 0.05) is 0 Å². The van der Waals surface area contributed by atoms with Crippen molar-refractivity contribution in [3.05, 3.63) is 29.3 Å². The van der Waals surface area contributed by atoms with E-state index in [1.807, 2.05) is 39.0 Å². The number of benzene rings is 1. The number of carbonyl (C=O) groups is 1. The van der Waals surface area contributed by atoms with E-state index in [2.05, 4.69) is 0 Å². The SMILES string of the molecule is CCC(C)(C)C(=O)OC1CCc2cc(OC)ccc21. The van der Waals surface area contributed by atoms with Crippen molar-refractivity contribution in [3.63, 3.8) is 0 Å². The van der Waals surface area contributed by atoms with Crippen LogP contribution in [0.25, 0.3) is 0 Å². The number of ether oxygens (including phenoxy) is 2. The van der Waals surface area contributed by atoms with Gasteiger partial charge in [-0.15, -0.1) is 0 Å². The molecular formula is C16H22O3. The number of rotatable bonds is 4. The number of fused-ring (bicyclic) bond motifs is 1. The van der Waals surface area contributed by atoms with E-state index in [1.165, 1.54) is 5.56 Å². The molecule has 104 valence electrons. The highest BCUT2D eigenvalue weighted by Crippen LogP contribution is 2.37. The number of methoxy groups -OCH3 is 1. The molecule has 0 bridgehead atoms. The van der Waals surface area contributed by atoms with Gasteiger partial charge in [0.2, 0.25) is 0 Å². The highest BCUT2D eigenvalue weighted by molar-refractivity contribution is 5.76. The minimum atomic E-state index is -0.408. The van der Waals surface area contributed by atoms with Gasteiger partial charge in [0.1, 0.15) is 11.9 Å². The molecule has 1 unspecified atom stereocenters. The first-order valence-corrected chi connectivity index (χ1v) is 6.86. The molecule has 0 N–H and O–H groups in total. The second-order valence-electron chi connectivity index (χ2n) is 5.73. The zero-order valence-electron chi connectivity index (χ0n) is 12.2. The topological polar surface area (TPSA) is 35.5 Å². The van der Waals surface area contributed by atoms with E-state index in [0.717, 1.165) is 30.6 Å². The van der Waals surface area contributed by atoms with Crippen LogP contribution < -0.4 is 4.74 Å². The first-order chi connectivity index (χ1) is 8.97. The summed E-state index contributed by atoms with van der Waals surface area (Å²) in [6.45, 7) is 5.87. The Labute approximate surface area is 114 Å². The lowest BCUT2D eigenvalue weighted by Gasteiger charge is -2.23. The second-order valence-corrected chi connectivity index (χ2v) is 5.73. The van der Waals surface area contributed by atoms with Crippen LogP contribution in [0.15, 0.2) is 18.2 Å². The molecule has 1 aromatic carbocycles. The van der Waals surface area contributed by atoms with Gasteiger partial charge in [-0.3, -0.25) is 4.79 Å². The maximum atomic E-state index is 12.1. The predicted molar refractivity (Wildman–Crippen MR) is 74.2 cm³/mol. The monoisotopic (exact) mass is 262 g/mol. The first kappa shape index (κ1) is 13.9. The van der Waals surface area contributed by atoms with Crippen molar-refractivity contribution in [2.24, 2.45) is 5.41 Å². The zero-order chi connectivity index (χ0) is 14.0. The van der Waals surface area contributed by atoms with E-state index < -0.39 is 5.41 Å². The Bertz CT molecular complexity index is 477. The maximum Gasteiger partial charge on any atom is 0.312 e. The van der Waals surface area contributed by atoms with Gasteiger partial charge in [-0.25, -0.2) is 0 Å². The average Bonchev–Trinajstić information content (AvgIpc) is 2.81. The standard InChI is InChI=1S/C16H22O3/c1-5-16(2,3)15(17)19-14-9-6-11-10-12(18-4)7-8-13(11)14/h7-8,10,14H,5-6,9H2,1-4H3. The lowest BCUT2D eigenvalue weighted by Crippen LogP contribution is -2.26. The Kier molecular flexibility index (Phi) is 3.83. The molecule has 2 rings (SSSR count). The Morgan fingerprint density at radius 3 is 2.79 bits per heavy atom. The summed E-state index contributed by atoms with van der Waals surface area (Å²) in [6, 6.07) is 5.97. The number of esters is 1. The van der Waals surface area contributed by atoms with Gasteiger partial charge in [0.15, 0.2) is 0 Å². The molecule has 1 aliphatic rings. The molecule has 0 amide bonds. The fraction of sp³-hybridized carbons (Fsp3) is 0.562. The fourth-order valence-corrected chi connectivity index (χ4v) is 2.24. The molecule has 0 saturated heterocycles. The van der Waals surface area contributed by atoms with Crippen LogP contribution in [0.5, 0.6) is 5.75 Å². The van der Waals surface area contributed by atoms with Crippen LogP contribution in [-0.4, -0.2) is 13.1 Å². The molecule has 1 aliphatic carbocycles. The second kappa shape index (κ2) is 5.24. The third-order valence-corrected chi connectivity index (χ3v) is 4.06. The van der Waals surface area contributed by atoms with Crippen molar-refractivity contribution in [2.75, 3.05) is 7.11 Å². The number of carbonyl (C=O) groups excluding carboxylic acids is 1. The van der Waals surface area contributed by atoms with Crippen LogP contribution in [-0.2, 0) is 16.0 Å². The lowest BCUT2D eigenvalue weighted by molar-refractivity contribution is -0.160. The van der Waals surface area contributed by atoms with Crippen LogP contribution in [0, 0.1) is 5.41 Å². The molecule has 1 aromatic rings. The van der Waals surface area contributed by atoms with E-state index in [1.54, 1.807) is 7.11 Å². The predicted octanol–water partition coefficient (Wildman–Crippen LogP) is 3.66. The molecule has 3 heteroatoms. The van der Waals surface area contributed by atoms with E-state index in [4.69, 9.17) is 9.47 Å². The molecule has 0 aliphatic heterocycles. The first-order valence-electron chi connectivity index (χ1n) is 6.86. The van der Waals surface area contributed by atoms with E-state index >= 15 is 0 Å². The number of hydrogen-bond donors (Lipinski definition) is 0. The molecular weight excluding hydrogens is 240 g/mol. The molecule has 0 saturated carbocycles. The van der Waals surface area contributed by atoms with Crippen molar-refractivity contribution in [1.29, 1.82) is 0 Å². The molecule has 0 spiro atoms. The van der Waals surface area contributed by atoms with Gasteiger partial charge < -0.3 is 9.47 Å². The Morgan fingerprint density at radius 2 is 2.16 bits per heavy atom. The van der Waals surface area contributed by atoms with Gasteiger partial charge >= 0.3 is 5.97 Å². The van der Waals surface area contributed by atoms with Gasteiger partial charge in [-0.05, 0) is 56.4 Å². The summed E-state index contributed by atoms with van der Waals surface area (Å²) in [4.78, 5) is 12.1. The summed E-state index contributed by atoms with van der Waals surface area (Å²) in [6.07, 6.45) is 2.50. The quantitative estimate of drug-likeness (QED) is 0.777. The average molecular weight is 262 g/mol. The summed E-state index contributed by atoms with van der Waals surface area (Å²) in [5.74, 6) is 0.753. The van der Waals surface area contributed by atoms with E-state index in [9.17, 15) is 4.79 Å². The number of hydrogen-bond acceptors (Lipinski definition) is 3. The van der Waals surface area contributed by atoms with E-state index in [-0.39, 0.29) is 12.1 Å². The van der Waals surface area contributed by atoms with Crippen molar-refractivity contribution < 1.29 is 14.3 Å². The van der Waals surface area contributed by atoms with Crippen LogP contribution in [0.4, 0.5) is 0 Å². The third kappa shape index (κ3) is 2.75. The summed E-state index contributed by atoms with van der Waals surface area (Å²) >= 11 is 0. The molecule has 0 radical (unpaired) electrons. The van der Waals surface area contributed by atoms with Gasteiger partial charge in [-0.1, -0.05) is 13.0 Å². The van der Waals surface area contributed by atoms with Gasteiger partial charge in [0.25, 0.3) is 0 Å². The van der Waals surface area contributed by atoms with Gasteiger partial charge in [0.05, 0.1) is 12.5 Å². The highest BCUT2D eigenvalue weighted by atomic mass is 16.5. The van der Waals surface area contributed by atoms with Crippen LogP contribution in [0.1, 0.15) is 50.8 Å². The Balaban J connectivity index is 2.13. The largest absolute Gasteiger partial charge is 0.497 e. The van der Waals surface area contributed by atoms with Crippen LogP contribution >= 0.6 is 0 Å². The highest BCUT2D eigenvalue weighted by Gasteiger charge is 2.32. The molecule has 1 atom stereocenters. The molecule has 0 heterocycles. The minimum Gasteiger partial charge on any atom is -0.497 e. The summed E-state index contributed by atoms with van der Waals surface area (Å²) in [5, 5.41) is 0. The molecule has 3 nitrogen and oxygen atoms in total. The Hall–Kier alpha value is -1.51. The van der Waals surface area contributed by atoms with Crippen molar-refractivity contribution in [3.8, 4) is 5.75 Å². The Morgan fingerprint density at radius 1 is 1.42 bits per heavy atom. The van der Waals surface area contributed by atoms with Crippen molar-refractivity contribution >= 4 is 5.97 Å². The lowest BCUT2D eigenvalue weighted by atomic mass is 9.90. The van der Waals surface area contributed by atoms with Crippen LogP contribution in [0.2, 0.25) is 0 Å². The number of aryl methyl sites for hydroxylation is 1. The minimum absolute atomic E-state index is 0.0979. The normalized spacial score (nSPS) is 18.0. The third-order valence-electron chi connectivity index (χ3n) is 4.06. The van der Waals surface area contributed by atoms with Crippen molar-refractivity contribution in [1.82, 2.24) is 0 Å².